The number of nitrogens with one attached hydrogen (secondary N) is 1. The lowest BCUT2D eigenvalue weighted by Crippen LogP contribution is -2.60. The van der Waals surface area contributed by atoms with Gasteiger partial charge in [0.15, 0.2) is 0 Å². The maximum atomic E-state index is 12.9. The molecule has 3 amide bonds. The minimum atomic E-state index is 0.0221. The first-order valence-electron chi connectivity index (χ1n) is 10.3. The molecule has 1 saturated carbocycles. The Bertz CT molecular complexity index is 496. The fourth-order valence-electron chi connectivity index (χ4n) is 4.64. The smallest absolute Gasteiger partial charge is 0.320 e. The molecular formula is C19H32N4O2. The van der Waals surface area contributed by atoms with E-state index in [1.54, 1.807) is 0 Å². The second-order valence-electron chi connectivity index (χ2n) is 8.32. The van der Waals surface area contributed by atoms with Gasteiger partial charge in [-0.25, -0.2) is 4.79 Å². The van der Waals surface area contributed by atoms with Crippen LogP contribution in [0.5, 0.6) is 0 Å². The van der Waals surface area contributed by atoms with E-state index in [1.807, 2.05) is 9.80 Å². The van der Waals surface area contributed by atoms with Crippen LogP contribution in [0.25, 0.3) is 0 Å². The molecule has 3 heterocycles. The normalized spacial score (nSPS) is 29.0. The van der Waals surface area contributed by atoms with Gasteiger partial charge in [0.25, 0.3) is 0 Å². The fourth-order valence-corrected chi connectivity index (χ4v) is 4.64. The van der Waals surface area contributed by atoms with Crippen LogP contribution in [0.15, 0.2) is 0 Å². The van der Waals surface area contributed by atoms with Crippen molar-refractivity contribution in [3.8, 4) is 0 Å². The maximum Gasteiger partial charge on any atom is 0.320 e. The van der Waals surface area contributed by atoms with Crippen LogP contribution in [-0.2, 0) is 4.79 Å². The maximum absolute atomic E-state index is 12.9. The van der Waals surface area contributed by atoms with Crippen LogP contribution in [0.2, 0.25) is 0 Å². The van der Waals surface area contributed by atoms with Crippen molar-refractivity contribution >= 4 is 11.9 Å². The summed E-state index contributed by atoms with van der Waals surface area (Å²) in [6.07, 6.45) is 8.46. The molecule has 4 aliphatic rings. The van der Waals surface area contributed by atoms with E-state index >= 15 is 0 Å². The van der Waals surface area contributed by atoms with Crippen molar-refractivity contribution in [2.45, 2.75) is 51.0 Å². The van der Waals surface area contributed by atoms with Gasteiger partial charge in [0.2, 0.25) is 5.91 Å². The van der Waals surface area contributed by atoms with Gasteiger partial charge in [-0.3, -0.25) is 4.79 Å². The number of hydrogen-bond acceptors (Lipinski definition) is 3. The zero-order valence-corrected chi connectivity index (χ0v) is 15.3. The lowest BCUT2D eigenvalue weighted by atomic mass is 9.79. The molecule has 3 aliphatic heterocycles. The Morgan fingerprint density at radius 2 is 1.48 bits per heavy atom. The van der Waals surface area contributed by atoms with E-state index in [0.717, 1.165) is 57.9 Å². The van der Waals surface area contributed by atoms with Gasteiger partial charge < -0.3 is 20.0 Å². The van der Waals surface area contributed by atoms with Crippen LogP contribution in [0, 0.1) is 11.8 Å². The molecule has 140 valence electrons. The molecule has 1 N–H and O–H groups in total. The summed E-state index contributed by atoms with van der Waals surface area (Å²) >= 11 is 0. The second-order valence-corrected chi connectivity index (χ2v) is 8.32. The van der Waals surface area contributed by atoms with E-state index in [2.05, 4.69) is 10.2 Å². The van der Waals surface area contributed by atoms with E-state index in [-0.39, 0.29) is 17.9 Å². The highest BCUT2D eigenvalue weighted by Gasteiger charge is 2.41. The molecule has 1 unspecified atom stereocenters. The van der Waals surface area contributed by atoms with Crippen molar-refractivity contribution in [3.63, 3.8) is 0 Å². The minimum absolute atomic E-state index is 0.0221. The molecule has 0 aromatic rings. The summed E-state index contributed by atoms with van der Waals surface area (Å²) in [5.41, 5.74) is 0. The highest BCUT2D eigenvalue weighted by atomic mass is 16.2. The Kier molecular flexibility index (Phi) is 5.15. The first-order chi connectivity index (χ1) is 12.2. The predicted octanol–water partition coefficient (Wildman–Crippen LogP) is 1.51. The Morgan fingerprint density at radius 3 is 2.16 bits per heavy atom. The summed E-state index contributed by atoms with van der Waals surface area (Å²) in [5, 5.41) is 3.65. The monoisotopic (exact) mass is 348 g/mol. The number of likely N-dealkylation sites (tertiary alicyclic amines) is 2. The Hall–Kier alpha value is -1.30. The second kappa shape index (κ2) is 7.52. The average molecular weight is 348 g/mol. The summed E-state index contributed by atoms with van der Waals surface area (Å²) in [6, 6.07) is 0.625. The topological polar surface area (TPSA) is 55.9 Å². The molecule has 6 heteroatoms. The van der Waals surface area contributed by atoms with Crippen LogP contribution in [0.1, 0.15) is 44.9 Å². The van der Waals surface area contributed by atoms with Gasteiger partial charge in [-0.05, 0) is 51.0 Å². The van der Waals surface area contributed by atoms with Crippen LogP contribution >= 0.6 is 0 Å². The molecule has 0 radical (unpaired) electrons. The van der Waals surface area contributed by atoms with E-state index in [1.165, 1.54) is 25.7 Å². The predicted molar refractivity (Wildman–Crippen MR) is 96.2 cm³/mol. The third kappa shape index (κ3) is 3.64. The lowest BCUT2D eigenvalue weighted by Gasteiger charge is -2.44. The van der Waals surface area contributed by atoms with Gasteiger partial charge in [-0.1, -0.05) is 6.42 Å². The largest absolute Gasteiger partial charge is 0.341 e. The third-order valence-electron chi connectivity index (χ3n) is 6.59. The van der Waals surface area contributed by atoms with Gasteiger partial charge in [-0.15, -0.1) is 0 Å². The first kappa shape index (κ1) is 17.1. The highest BCUT2D eigenvalue weighted by Crippen LogP contribution is 2.31. The standard InChI is InChI=1S/C19H32N4O2/c24-18(22-11-5-8-20-17(14-22)15-6-4-7-15)16-12-23(13-16)19(25)21-9-2-1-3-10-21/h15-17,20H,1-14H2. The van der Waals surface area contributed by atoms with Crippen LogP contribution in [0.4, 0.5) is 4.79 Å². The quantitative estimate of drug-likeness (QED) is 0.823. The summed E-state index contributed by atoms with van der Waals surface area (Å²) in [5.74, 6) is 1.05. The number of rotatable bonds is 2. The van der Waals surface area contributed by atoms with Crippen molar-refractivity contribution < 1.29 is 9.59 Å². The SMILES string of the molecule is O=C(C1CN(C(=O)N2CCCCC2)C1)N1CCCNC(C2CCC2)C1. The summed E-state index contributed by atoms with van der Waals surface area (Å²) in [7, 11) is 0. The number of hydrogen-bond donors (Lipinski definition) is 1. The molecule has 0 spiro atoms. The molecule has 6 nitrogen and oxygen atoms in total. The van der Waals surface area contributed by atoms with E-state index in [0.29, 0.717) is 19.1 Å². The molecule has 3 saturated heterocycles. The molecule has 4 rings (SSSR count). The Labute approximate surface area is 150 Å². The zero-order chi connectivity index (χ0) is 17.2. The first-order valence-corrected chi connectivity index (χ1v) is 10.3. The van der Waals surface area contributed by atoms with Gasteiger partial charge >= 0.3 is 6.03 Å². The van der Waals surface area contributed by atoms with Gasteiger partial charge in [0, 0.05) is 45.3 Å². The minimum Gasteiger partial charge on any atom is -0.341 e. The van der Waals surface area contributed by atoms with Crippen LogP contribution in [-0.4, -0.2) is 78.5 Å². The molecule has 0 bridgehead atoms. The van der Waals surface area contributed by atoms with E-state index < -0.39 is 0 Å². The van der Waals surface area contributed by atoms with Crippen LogP contribution < -0.4 is 5.32 Å². The van der Waals surface area contributed by atoms with Gasteiger partial charge in [-0.2, -0.15) is 0 Å². The lowest BCUT2D eigenvalue weighted by molar-refractivity contribution is -0.140. The van der Waals surface area contributed by atoms with Gasteiger partial charge in [0.05, 0.1) is 5.92 Å². The molecule has 0 aromatic heterocycles. The summed E-state index contributed by atoms with van der Waals surface area (Å²) in [6.45, 7) is 5.75. The van der Waals surface area contributed by atoms with Crippen molar-refractivity contribution in [1.29, 1.82) is 0 Å². The molecule has 1 aliphatic carbocycles. The average Bonchev–Trinajstić information content (AvgIpc) is 2.78. The Balaban J connectivity index is 1.27. The van der Waals surface area contributed by atoms with Crippen molar-refractivity contribution in [1.82, 2.24) is 20.0 Å². The number of piperidine rings is 1. The summed E-state index contributed by atoms with van der Waals surface area (Å²) in [4.78, 5) is 31.3. The van der Waals surface area contributed by atoms with Crippen molar-refractivity contribution in [2.24, 2.45) is 11.8 Å². The van der Waals surface area contributed by atoms with Crippen LogP contribution in [0.3, 0.4) is 0 Å². The van der Waals surface area contributed by atoms with Gasteiger partial charge in [0.1, 0.15) is 0 Å². The van der Waals surface area contributed by atoms with E-state index in [9.17, 15) is 9.59 Å². The molecular weight excluding hydrogens is 316 g/mol. The number of urea groups is 1. The molecule has 1 atom stereocenters. The molecule has 25 heavy (non-hydrogen) atoms. The van der Waals surface area contributed by atoms with E-state index in [4.69, 9.17) is 0 Å². The Morgan fingerprint density at radius 1 is 0.760 bits per heavy atom. The number of nitrogens with zero attached hydrogens (tertiary/aromatic N) is 3. The molecule has 0 aromatic carbocycles. The fraction of sp³-hybridized carbons (Fsp3) is 0.895. The van der Waals surface area contributed by atoms with Crippen molar-refractivity contribution in [2.75, 3.05) is 45.8 Å². The van der Waals surface area contributed by atoms with Crippen molar-refractivity contribution in [3.05, 3.63) is 0 Å². The zero-order valence-electron chi connectivity index (χ0n) is 15.3. The number of carbonyl (C=O) groups excluding carboxylic acids is 2. The number of carbonyl (C=O) groups is 2. The molecule has 4 fully saturated rings. The third-order valence-corrected chi connectivity index (χ3v) is 6.59. The highest BCUT2D eigenvalue weighted by molar-refractivity contribution is 5.84. The summed E-state index contributed by atoms with van der Waals surface area (Å²) < 4.78 is 0. The number of amides is 3.